The number of benzene rings is 2. The van der Waals surface area contributed by atoms with E-state index in [-0.39, 0.29) is 17.7 Å². The van der Waals surface area contributed by atoms with Crippen molar-refractivity contribution in [3.8, 4) is 17.2 Å². The molecule has 4 aromatic rings. The van der Waals surface area contributed by atoms with E-state index in [1.165, 1.54) is 60.3 Å². The highest BCUT2D eigenvalue weighted by molar-refractivity contribution is 5.92. The Labute approximate surface area is 175 Å². The van der Waals surface area contributed by atoms with E-state index in [2.05, 4.69) is 15.4 Å². The molecule has 0 unspecified atom stereocenters. The van der Waals surface area contributed by atoms with Gasteiger partial charge in [0, 0.05) is 6.07 Å². The van der Waals surface area contributed by atoms with Crippen molar-refractivity contribution < 1.29 is 18.7 Å². The number of fused-ring (bicyclic) bond motifs is 1. The molecule has 0 aliphatic heterocycles. The SMILES string of the molecule is COc1ccc(NC(=O)Cn2cnc3c(cnn3-c3ccc(F)cc3)c2=O)c(OC)c1. The fourth-order valence-electron chi connectivity index (χ4n) is 3.08. The molecule has 0 aliphatic carbocycles. The number of halogens is 1. The third-order valence-corrected chi connectivity index (χ3v) is 4.62. The van der Waals surface area contributed by atoms with Gasteiger partial charge in [0.25, 0.3) is 5.56 Å². The van der Waals surface area contributed by atoms with Crippen molar-refractivity contribution in [2.45, 2.75) is 6.54 Å². The van der Waals surface area contributed by atoms with Crippen LogP contribution in [0.1, 0.15) is 0 Å². The zero-order chi connectivity index (χ0) is 22.0. The number of amides is 1. The minimum Gasteiger partial charge on any atom is -0.497 e. The van der Waals surface area contributed by atoms with Crippen LogP contribution in [-0.4, -0.2) is 39.5 Å². The maximum atomic E-state index is 13.2. The Kier molecular flexibility index (Phi) is 5.35. The van der Waals surface area contributed by atoms with Crippen LogP contribution in [0, 0.1) is 5.82 Å². The second-order valence-electron chi connectivity index (χ2n) is 6.56. The first-order valence-corrected chi connectivity index (χ1v) is 9.21. The van der Waals surface area contributed by atoms with Crippen LogP contribution >= 0.6 is 0 Å². The summed E-state index contributed by atoms with van der Waals surface area (Å²) >= 11 is 0. The minimum absolute atomic E-state index is 0.238. The minimum atomic E-state index is -0.433. The van der Waals surface area contributed by atoms with E-state index in [0.29, 0.717) is 28.5 Å². The Morgan fingerprint density at radius 2 is 1.90 bits per heavy atom. The summed E-state index contributed by atoms with van der Waals surface area (Å²) in [6, 6.07) is 10.6. The van der Waals surface area contributed by atoms with Crippen LogP contribution in [-0.2, 0) is 11.3 Å². The van der Waals surface area contributed by atoms with Gasteiger partial charge in [-0.15, -0.1) is 0 Å². The molecule has 0 radical (unpaired) electrons. The summed E-state index contributed by atoms with van der Waals surface area (Å²) in [5.74, 6) is 0.195. The summed E-state index contributed by atoms with van der Waals surface area (Å²) in [5, 5.41) is 7.12. The van der Waals surface area contributed by atoms with Crippen LogP contribution in [0.25, 0.3) is 16.7 Å². The number of hydrogen-bond donors (Lipinski definition) is 1. The van der Waals surface area contributed by atoms with E-state index >= 15 is 0 Å². The molecule has 0 saturated carbocycles. The summed E-state index contributed by atoms with van der Waals surface area (Å²) in [6.45, 7) is -0.251. The number of aromatic nitrogens is 4. The summed E-state index contributed by atoms with van der Waals surface area (Å²) in [5.41, 5.74) is 0.894. The van der Waals surface area contributed by atoms with E-state index in [9.17, 15) is 14.0 Å². The Balaban J connectivity index is 1.58. The second-order valence-corrected chi connectivity index (χ2v) is 6.56. The van der Waals surface area contributed by atoms with Crippen molar-refractivity contribution >= 4 is 22.6 Å². The van der Waals surface area contributed by atoms with Gasteiger partial charge in [0.2, 0.25) is 5.91 Å². The molecule has 9 nitrogen and oxygen atoms in total. The monoisotopic (exact) mass is 423 g/mol. The van der Waals surface area contributed by atoms with Gasteiger partial charge in [-0.2, -0.15) is 5.10 Å². The van der Waals surface area contributed by atoms with Crippen LogP contribution in [0.3, 0.4) is 0 Å². The number of carbonyl (C=O) groups excluding carboxylic acids is 1. The molecular formula is C21H18FN5O4. The van der Waals surface area contributed by atoms with Gasteiger partial charge in [-0.05, 0) is 36.4 Å². The number of ether oxygens (including phenoxy) is 2. The Morgan fingerprint density at radius 1 is 1.13 bits per heavy atom. The van der Waals surface area contributed by atoms with Gasteiger partial charge in [0.05, 0.1) is 31.8 Å². The van der Waals surface area contributed by atoms with E-state index in [0.717, 1.165) is 0 Å². The van der Waals surface area contributed by atoms with Gasteiger partial charge in [0.15, 0.2) is 5.65 Å². The number of nitrogens with one attached hydrogen (secondary N) is 1. The van der Waals surface area contributed by atoms with Gasteiger partial charge in [0.1, 0.15) is 35.6 Å². The van der Waals surface area contributed by atoms with E-state index in [4.69, 9.17) is 9.47 Å². The zero-order valence-electron chi connectivity index (χ0n) is 16.7. The highest BCUT2D eigenvalue weighted by atomic mass is 19.1. The lowest BCUT2D eigenvalue weighted by atomic mass is 10.2. The van der Waals surface area contributed by atoms with Crippen LogP contribution in [0.4, 0.5) is 10.1 Å². The molecule has 0 bridgehead atoms. The molecular weight excluding hydrogens is 405 g/mol. The molecule has 4 rings (SSSR count). The highest BCUT2D eigenvalue weighted by Crippen LogP contribution is 2.29. The van der Waals surface area contributed by atoms with Crippen LogP contribution in [0.2, 0.25) is 0 Å². The third kappa shape index (κ3) is 3.95. The van der Waals surface area contributed by atoms with Crippen LogP contribution in [0.5, 0.6) is 11.5 Å². The number of nitrogens with zero attached hydrogens (tertiary/aromatic N) is 4. The summed E-state index contributed by atoms with van der Waals surface area (Å²) in [6.07, 6.45) is 2.64. The van der Waals surface area contributed by atoms with E-state index < -0.39 is 11.5 Å². The number of anilines is 1. The quantitative estimate of drug-likeness (QED) is 0.511. The maximum absolute atomic E-state index is 13.2. The summed E-state index contributed by atoms with van der Waals surface area (Å²) in [4.78, 5) is 29.6. The predicted octanol–water partition coefficient (Wildman–Crippen LogP) is 2.38. The van der Waals surface area contributed by atoms with Crippen molar-refractivity contribution in [3.63, 3.8) is 0 Å². The fourth-order valence-corrected chi connectivity index (χ4v) is 3.08. The highest BCUT2D eigenvalue weighted by Gasteiger charge is 2.14. The molecule has 158 valence electrons. The maximum Gasteiger partial charge on any atom is 0.264 e. The first-order valence-electron chi connectivity index (χ1n) is 9.21. The third-order valence-electron chi connectivity index (χ3n) is 4.62. The molecule has 0 fully saturated rings. The fraction of sp³-hybridized carbons (Fsp3) is 0.143. The van der Waals surface area contributed by atoms with E-state index in [1.54, 1.807) is 18.2 Å². The van der Waals surface area contributed by atoms with Crippen molar-refractivity contribution in [2.24, 2.45) is 0 Å². The van der Waals surface area contributed by atoms with Gasteiger partial charge in [-0.1, -0.05) is 0 Å². The Hall–Kier alpha value is -4.21. The molecule has 0 spiro atoms. The smallest absolute Gasteiger partial charge is 0.264 e. The summed E-state index contributed by atoms with van der Waals surface area (Å²) < 4.78 is 26.2. The summed E-state index contributed by atoms with van der Waals surface area (Å²) in [7, 11) is 3.01. The van der Waals surface area contributed by atoms with E-state index in [1.807, 2.05) is 0 Å². The van der Waals surface area contributed by atoms with Crippen molar-refractivity contribution in [3.05, 3.63) is 71.2 Å². The van der Waals surface area contributed by atoms with Gasteiger partial charge < -0.3 is 14.8 Å². The first kappa shape index (κ1) is 20.1. The van der Waals surface area contributed by atoms with Crippen LogP contribution in [0.15, 0.2) is 59.8 Å². The number of carbonyl (C=O) groups is 1. The lowest BCUT2D eigenvalue weighted by Gasteiger charge is -2.12. The molecule has 2 aromatic heterocycles. The van der Waals surface area contributed by atoms with Crippen molar-refractivity contribution in [1.82, 2.24) is 19.3 Å². The number of rotatable bonds is 6. The molecule has 31 heavy (non-hydrogen) atoms. The molecule has 0 atom stereocenters. The topological polar surface area (TPSA) is 100 Å². The normalized spacial score (nSPS) is 10.8. The molecule has 2 heterocycles. The molecule has 2 aromatic carbocycles. The number of methoxy groups -OCH3 is 2. The number of hydrogen-bond acceptors (Lipinski definition) is 6. The largest absolute Gasteiger partial charge is 0.497 e. The van der Waals surface area contributed by atoms with Crippen molar-refractivity contribution in [2.75, 3.05) is 19.5 Å². The van der Waals surface area contributed by atoms with Crippen LogP contribution < -0.4 is 20.3 Å². The molecule has 0 aliphatic rings. The van der Waals surface area contributed by atoms with Gasteiger partial charge in [-0.25, -0.2) is 14.1 Å². The van der Waals surface area contributed by atoms with Crippen molar-refractivity contribution in [1.29, 1.82) is 0 Å². The van der Waals surface area contributed by atoms with Gasteiger partial charge in [-0.3, -0.25) is 14.2 Å². The molecule has 0 saturated heterocycles. The predicted molar refractivity (Wildman–Crippen MR) is 111 cm³/mol. The molecule has 1 amide bonds. The van der Waals surface area contributed by atoms with Gasteiger partial charge >= 0.3 is 0 Å². The second kappa shape index (κ2) is 8.27. The Morgan fingerprint density at radius 3 is 2.61 bits per heavy atom. The Bertz CT molecular complexity index is 1310. The molecule has 1 N–H and O–H groups in total. The average Bonchev–Trinajstić information content (AvgIpc) is 3.21. The first-order chi connectivity index (χ1) is 15.0. The standard InChI is InChI=1S/C21H18FN5O4/c1-30-15-7-8-17(18(9-15)31-2)25-19(28)11-26-12-23-20-16(21(26)29)10-24-27(20)14-5-3-13(22)4-6-14/h3-10,12H,11H2,1-2H3,(H,25,28). The lowest BCUT2D eigenvalue weighted by Crippen LogP contribution is -2.28. The average molecular weight is 423 g/mol. The zero-order valence-corrected chi connectivity index (χ0v) is 16.7. The lowest BCUT2D eigenvalue weighted by molar-refractivity contribution is -0.116. The molecule has 10 heteroatoms.